The highest BCUT2D eigenvalue weighted by Gasteiger charge is 2.20. The Kier molecular flexibility index (Phi) is 7.68. The fraction of sp³-hybridized carbons (Fsp3) is 0.333. The van der Waals surface area contributed by atoms with Crippen molar-refractivity contribution in [1.29, 1.82) is 0 Å². The Hall–Kier alpha value is -3.22. The Balaban J connectivity index is 1.92. The number of hydrogen-bond acceptors (Lipinski definition) is 6. The Morgan fingerprint density at radius 1 is 1.00 bits per heavy atom. The van der Waals surface area contributed by atoms with Crippen molar-refractivity contribution in [3.63, 3.8) is 0 Å². The number of benzene rings is 2. The fourth-order valence-electron chi connectivity index (χ4n) is 2.43. The molecule has 0 aliphatic carbocycles. The molecule has 0 aromatic heterocycles. The Morgan fingerprint density at radius 3 is 2.32 bits per heavy atom. The van der Waals surface area contributed by atoms with Crippen LogP contribution in [0.5, 0.6) is 17.2 Å². The number of ether oxygens (including phenoxy) is 4. The number of amides is 1. The van der Waals surface area contributed by atoms with Gasteiger partial charge >= 0.3 is 5.97 Å². The summed E-state index contributed by atoms with van der Waals surface area (Å²) in [5.41, 5.74) is 1.18. The molecule has 7 nitrogen and oxygen atoms in total. The van der Waals surface area contributed by atoms with Crippen molar-refractivity contribution in [1.82, 2.24) is 5.32 Å². The van der Waals surface area contributed by atoms with Crippen LogP contribution in [0, 0.1) is 0 Å². The van der Waals surface area contributed by atoms with E-state index in [0.29, 0.717) is 24.7 Å². The third kappa shape index (κ3) is 5.64. The summed E-state index contributed by atoms with van der Waals surface area (Å²) in [6.07, 6.45) is -0.941. The molecule has 1 amide bonds. The predicted octanol–water partition coefficient (Wildman–Crippen LogP) is 2.96. The van der Waals surface area contributed by atoms with Gasteiger partial charge in [-0.1, -0.05) is 12.1 Å². The van der Waals surface area contributed by atoms with E-state index >= 15 is 0 Å². The minimum absolute atomic E-state index is 0.273. The van der Waals surface area contributed by atoms with Gasteiger partial charge in [0.1, 0.15) is 5.75 Å². The molecule has 1 N–H and O–H groups in total. The SMILES string of the molecule is CCOc1ccc(C(=O)OC(C)C(=O)NCc2ccc(OC)cc2)cc1OC. The minimum atomic E-state index is -0.941. The normalized spacial score (nSPS) is 11.3. The van der Waals surface area contributed by atoms with E-state index in [1.807, 2.05) is 31.2 Å². The Morgan fingerprint density at radius 2 is 1.71 bits per heavy atom. The summed E-state index contributed by atoms with van der Waals surface area (Å²) in [6, 6.07) is 12.0. The van der Waals surface area contributed by atoms with Crippen LogP contribution < -0.4 is 19.5 Å². The average Bonchev–Trinajstić information content (AvgIpc) is 2.72. The number of methoxy groups -OCH3 is 2. The van der Waals surface area contributed by atoms with Crippen molar-refractivity contribution < 1.29 is 28.5 Å². The quantitative estimate of drug-likeness (QED) is 0.666. The van der Waals surface area contributed by atoms with Crippen LogP contribution in [0.3, 0.4) is 0 Å². The molecule has 0 aliphatic heterocycles. The van der Waals surface area contributed by atoms with Crippen LogP contribution in [0.1, 0.15) is 29.8 Å². The molecule has 1 atom stereocenters. The van der Waals surface area contributed by atoms with Gasteiger partial charge in [0.2, 0.25) is 0 Å². The zero-order valence-corrected chi connectivity index (χ0v) is 16.5. The zero-order chi connectivity index (χ0) is 20.5. The first-order chi connectivity index (χ1) is 13.5. The van der Waals surface area contributed by atoms with Crippen molar-refractivity contribution in [2.24, 2.45) is 0 Å². The van der Waals surface area contributed by atoms with Crippen molar-refractivity contribution in [2.75, 3.05) is 20.8 Å². The van der Waals surface area contributed by atoms with Crippen LogP contribution in [0.4, 0.5) is 0 Å². The second-order valence-electron chi connectivity index (χ2n) is 5.91. The molecule has 0 spiro atoms. The minimum Gasteiger partial charge on any atom is -0.497 e. The second kappa shape index (κ2) is 10.2. The summed E-state index contributed by atoms with van der Waals surface area (Å²) in [7, 11) is 3.08. The molecule has 7 heteroatoms. The largest absolute Gasteiger partial charge is 0.497 e. The number of nitrogens with one attached hydrogen (secondary N) is 1. The zero-order valence-electron chi connectivity index (χ0n) is 16.5. The molecule has 1 unspecified atom stereocenters. The maximum atomic E-state index is 12.3. The van der Waals surface area contributed by atoms with Gasteiger partial charge in [-0.15, -0.1) is 0 Å². The van der Waals surface area contributed by atoms with E-state index in [4.69, 9.17) is 18.9 Å². The van der Waals surface area contributed by atoms with Crippen LogP contribution >= 0.6 is 0 Å². The van der Waals surface area contributed by atoms with Crippen LogP contribution in [0.15, 0.2) is 42.5 Å². The third-order valence-electron chi connectivity index (χ3n) is 3.98. The molecule has 0 saturated carbocycles. The van der Waals surface area contributed by atoms with E-state index < -0.39 is 12.1 Å². The van der Waals surface area contributed by atoms with Crippen LogP contribution in [-0.2, 0) is 16.1 Å². The van der Waals surface area contributed by atoms with Crippen LogP contribution in [0.25, 0.3) is 0 Å². The molecule has 0 radical (unpaired) electrons. The van der Waals surface area contributed by atoms with E-state index in [2.05, 4.69) is 5.32 Å². The summed E-state index contributed by atoms with van der Waals surface area (Å²) >= 11 is 0. The van der Waals surface area contributed by atoms with E-state index in [1.165, 1.54) is 20.1 Å². The van der Waals surface area contributed by atoms with E-state index in [9.17, 15) is 9.59 Å². The van der Waals surface area contributed by atoms with Gasteiger partial charge in [0.25, 0.3) is 5.91 Å². The summed E-state index contributed by atoms with van der Waals surface area (Å²) < 4.78 is 21.0. The molecule has 150 valence electrons. The predicted molar refractivity (Wildman–Crippen MR) is 104 cm³/mol. The lowest BCUT2D eigenvalue weighted by Gasteiger charge is -2.15. The summed E-state index contributed by atoms with van der Waals surface area (Å²) in [4.78, 5) is 24.5. The van der Waals surface area contributed by atoms with Crippen LogP contribution in [0.2, 0.25) is 0 Å². The number of carbonyl (C=O) groups is 2. The summed E-state index contributed by atoms with van der Waals surface area (Å²) in [5, 5.41) is 2.74. The molecule has 0 aliphatic rings. The maximum Gasteiger partial charge on any atom is 0.339 e. The molecular weight excluding hydrogens is 362 g/mol. The maximum absolute atomic E-state index is 12.3. The van der Waals surface area contributed by atoms with Gasteiger partial charge in [-0.2, -0.15) is 0 Å². The fourth-order valence-corrected chi connectivity index (χ4v) is 2.43. The molecule has 28 heavy (non-hydrogen) atoms. The van der Waals surface area contributed by atoms with Gasteiger partial charge in [-0.25, -0.2) is 4.79 Å². The average molecular weight is 387 g/mol. The lowest BCUT2D eigenvalue weighted by molar-refractivity contribution is -0.129. The molecule has 2 aromatic rings. The van der Waals surface area contributed by atoms with E-state index in [-0.39, 0.29) is 11.5 Å². The number of esters is 1. The molecule has 0 saturated heterocycles. The van der Waals surface area contributed by atoms with Crippen molar-refractivity contribution in [3.8, 4) is 17.2 Å². The highest BCUT2D eigenvalue weighted by atomic mass is 16.5. The molecular formula is C21H25NO6. The lowest BCUT2D eigenvalue weighted by Crippen LogP contribution is -2.35. The van der Waals surface area contributed by atoms with Crippen molar-refractivity contribution in [2.45, 2.75) is 26.5 Å². The van der Waals surface area contributed by atoms with Gasteiger partial charge in [-0.3, -0.25) is 4.79 Å². The monoisotopic (exact) mass is 387 g/mol. The highest BCUT2D eigenvalue weighted by Crippen LogP contribution is 2.28. The van der Waals surface area contributed by atoms with Gasteiger partial charge in [-0.05, 0) is 49.7 Å². The Labute approximate surface area is 164 Å². The Bertz CT molecular complexity index is 803. The molecule has 2 aromatic carbocycles. The molecule has 0 heterocycles. The smallest absolute Gasteiger partial charge is 0.339 e. The first kappa shape index (κ1) is 21.1. The van der Waals surface area contributed by atoms with E-state index in [0.717, 1.165) is 11.3 Å². The van der Waals surface area contributed by atoms with Gasteiger partial charge in [0, 0.05) is 6.54 Å². The van der Waals surface area contributed by atoms with Crippen molar-refractivity contribution in [3.05, 3.63) is 53.6 Å². The van der Waals surface area contributed by atoms with Gasteiger partial charge in [0.05, 0.1) is 26.4 Å². The van der Waals surface area contributed by atoms with Gasteiger partial charge in [0.15, 0.2) is 17.6 Å². The molecule has 0 bridgehead atoms. The summed E-state index contributed by atoms with van der Waals surface area (Å²) in [5.74, 6) is 0.693. The molecule has 2 rings (SSSR count). The number of carbonyl (C=O) groups excluding carboxylic acids is 2. The first-order valence-electron chi connectivity index (χ1n) is 8.91. The first-order valence-corrected chi connectivity index (χ1v) is 8.91. The van der Waals surface area contributed by atoms with Crippen molar-refractivity contribution >= 4 is 11.9 Å². The van der Waals surface area contributed by atoms with E-state index in [1.54, 1.807) is 19.2 Å². The summed E-state index contributed by atoms with van der Waals surface area (Å²) in [6.45, 7) is 4.17. The van der Waals surface area contributed by atoms with Gasteiger partial charge < -0.3 is 24.3 Å². The second-order valence-corrected chi connectivity index (χ2v) is 5.91. The lowest BCUT2D eigenvalue weighted by atomic mass is 10.2. The topological polar surface area (TPSA) is 83.1 Å². The standard InChI is InChI=1S/C21H25NO6/c1-5-27-18-11-8-16(12-19(18)26-4)21(24)28-14(2)20(23)22-13-15-6-9-17(25-3)10-7-15/h6-12,14H,5,13H2,1-4H3,(H,22,23). The third-order valence-corrected chi connectivity index (χ3v) is 3.98. The number of rotatable bonds is 9. The van der Waals surface area contributed by atoms with Crippen LogP contribution in [-0.4, -0.2) is 38.8 Å². The highest BCUT2D eigenvalue weighted by molar-refractivity contribution is 5.92. The molecule has 0 fully saturated rings. The number of hydrogen-bond donors (Lipinski definition) is 1.